The molecule has 3 amide bonds. The smallest absolute Gasteiger partial charge is 0.227 e. The highest BCUT2D eigenvalue weighted by Gasteiger charge is 2.36. The number of hydrogen-bond donors (Lipinski definition) is 1. The summed E-state index contributed by atoms with van der Waals surface area (Å²) in [5, 5.41) is 2.86. The Morgan fingerprint density at radius 1 is 1.10 bits per heavy atom. The lowest BCUT2D eigenvalue weighted by Gasteiger charge is -2.18. The van der Waals surface area contributed by atoms with Crippen LogP contribution in [0.3, 0.4) is 0 Å². The standard InChI is InChI=1S/C23H24FN3O3/c1-15-4-9-20(19(24)11-15)27-14-17(12-22(27)29)23(30)25-13-16-5-7-18(8-6-16)26-10-2-3-21(26)28/h4-9,11,17H,2-3,10,12-14H2,1H3,(H,25,30). The lowest BCUT2D eigenvalue weighted by Crippen LogP contribution is -2.32. The van der Waals surface area contributed by atoms with E-state index in [2.05, 4.69) is 5.32 Å². The number of rotatable bonds is 5. The number of anilines is 2. The van der Waals surface area contributed by atoms with Crippen LogP contribution in [0.1, 0.15) is 30.4 Å². The Morgan fingerprint density at radius 3 is 2.53 bits per heavy atom. The van der Waals surface area contributed by atoms with E-state index in [1.807, 2.05) is 24.3 Å². The van der Waals surface area contributed by atoms with Gasteiger partial charge in [-0.3, -0.25) is 14.4 Å². The predicted octanol–water partition coefficient (Wildman–Crippen LogP) is 2.93. The van der Waals surface area contributed by atoms with Gasteiger partial charge in [-0.05, 0) is 48.7 Å². The molecule has 2 heterocycles. The minimum Gasteiger partial charge on any atom is -0.352 e. The van der Waals surface area contributed by atoms with Crippen molar-refractivity contribution in [3.63, 3.8) is 0 Å². The van der Waals surface area contributed by atoms with E-state index < -0.39 is 11.7 Å². The molecule has 0 aromatic heterocycles. The maximum absolute atomic E-state index is 14.2. The van der Waals surface area contributed by atoms with Crippen molar-refractivity contribution < 1.29 is 18.8 Å². The molecule has 2 aliphatic rings. The van der Waals surface area contributed by atoms with Gasteiger partial charge in [-0.2, -0.15) is 0 Å². The van der Waals surface area contributed by atoms with Crippen molar-refractivity contribution in [2.75, 3.05) is 22.9 Å². The molecule has 0 aliphatic carbocycles. The van der Waals surface area contributed by atoms with Gasteiger partial charge < -0.3 is 15.1 Å². The first-order valence-corrected chi connectivity index (χ1v) is 10.2. The van der Waals surface area contributed by atoms with Crippen LogP contribution in [0, 0.1) is 18.7 Å². The fraction of sp³-hybridized carbons (Fsp3) is 0.348. The number of nitrogens with one attached hydrogen (secondary N) is 1. The first-order chi connectivity index (χ1) is 14.4. The van der Waals surface area contributed by atoms with Crippen LogP contribution in [0.15, 0.2) is 42.5 Å². The summed E-state index contributed by atoms with van der Waals surface area (Å²) >= 11 is 0. The van der Waals surface area contributed by atoms with Gasteiger partial charge in [-0.15, -0.1) is 0 Å². The van der Waals surface area contributed by atoms with Crippen molar-refractivity contribution in [3.8, 4) is 0 Å². The molecule has 2 fully saturated rings. The normalized spacial score (nSPS) is 18.9. The van der Waals surface area contributed by atoms with Gasteiger partial charge in [0.2, 0.25) is 17.7 Å². The molecule has 0 spiro atoms. The molecule has 0 saturated carbocycles. The van der Waals surface area contributed by atoms with Gasteiger partial charge in [0.05, 0.1) is 11.6 Å². The minimum atomic E-state index is -0.514. The topological polar surface area (TPSA) is 69.7 Å². The average molecular weight is 409 g/mol. The molecular weight excluding hydrogens is 385 g/mol. The van der Waals surface area contributed by atoms with Crippen molar-refractivity contribution in [2.24, 2.45) is 5.92 Å². The van der Waals surface area contributed by atoms with Gasteiger partial charge in [0.1, 0.15) is 5.82 Å². The zero-order valence-electron chi connectivity index (χ0n) is 16.9. The molecule has 1 N–H and O–H groups in total. The van der Waals surface area contributed by atoms with Crippen molar-refractivity contribution in [1.82, 2.24) is 5.32 Å². The number of nitrogens with zero attached hydrogens (tertiary/aromatic N) is 2. The third kappa shape index (κ3) is 4.06. The summed E-state index contributed by atoms with van der Waals surface area (Å²) in [5.41, 5.74) is 2.76. The Morgan fingerprint density at radius 2 is 1.87 bits per heavy atom. The average Bonchev–Trinajstić information content (AvgIpc) is 3.32. The molecule has 2 saturated heterocycles. The van der Waals surface area contributed by atoms with E-state index in [4.69, 9.17) is 0 Å². The van der Waals surface area contributed by atoms with E-state index in [-0.39, 0.29) is 36.4 Å². The van der Waals surface area contributed by atoms with Gasteiger partial charge in [0, 0.05) is 38.2 Å². The van der Waals surface area contributed by atoms with Crippen LogP contribution in [-0.2, 0) is 20.9 Å². The third-order valence-electron chi connectivity index (χ3n) is 5.68. The molecule has 1 atom stereocenters. The van der Waals surface area contributed by atoms with E-state index >= 15 is 0 Å². The maximum Gasteiger partial charge on any atom is 0.227 e. The summed E-state index contributed by atoms with van der Waals surface area (Å²) in [5.74, 6) is -1.31. The second-order valence-corrected chi connectivity index (χ2v) is 7.89. The van der Waals surface area contributed by atoms with Gasteiger partial charge in [0.25, 0.3) is 0 Å². The Labute approximate surface area is 174 Å². The highest BCUT2D eigenvalue weighted by molar-refractivity contribution is 6.00. The molecule has 1 unspecified atom stereocenters. The van der Waals surface area contributed by atoms with Crippen LogP contribution in [0.4, 0.5) is 15.8 Å². The highest BCUT2D eigenvalue weighted by atomic mass is 19.1. The Kier molecular flexibility index (Phi) is 5.53. The maximum atomic E-state index is 14.2. The minimum absolute atomic E-state index is 0.0646. The summed E-state index contributed by atoms with van der Waals surface area (Å²) in [6, 6.07) is 12.2. The van der Waals surface area contributed by atoms with Crippen molar-refractivity contribution in [2.45, 2.75) is 32.7 Å². The summed E-state index contributed by atoms with van der Waals surface area (Å²) in [7, 11) is 0. The lowest BCUT2D eigenvalue weighted by atomic mass is 10.1. The summed E-state index contributed by atoms with van der Waals surface area (Å²) < 4.78 is 14.2. The molecule has 7 heteroatoms. The molecule has 2 aromatic rings. The van der Waals surface area contributed by atoms with Crippen molar-refractivity contribution >= 4 is 29.1 Å². The van der Waals surface area contributed by atoms with E-state index in [1.165, 1.54) is 11.0 Å². The lowest BCUT2D eigenvalue weighted by molar-refractivity contribution is -0.126. The Balaban J connectivity index is 1.34. The number of carbonyl (C=O) groups excluding carboxylic acids is 3. The number of halogens is 1. The van der Waals surface area contributed by atoms with E-state index in [0.717, 1.165) is 29.8 Å². The molecule has 30 heavy (non-hydrogen) atoms. The second-order valence-electron chi connectivity index (χ2n) is 7.89. The third-order valence-corrected chi connectivity index (χ3v) is 5.68. The van der Waals surface area contributed by atoms with E-state index in [1.54, 1.807) is 24.0 Å². The van der Waals surface area contributed by atoms with E-state index in [0.29, 0.717) is 13.0 Å². The first-order valence-electron chi connectivity index (χ1n) is 10.2. The van der Waals surface area contributed by atoms with Crippen LogP contribution in [-0.4, -0.2) is 30.8 Å². The second kappa shape index (κ2) is 8.26. The van der Waals surface area contributed by atoms with Gasteiger partial charge in [-0.1, -0.05) is 18.2 Å². The Bertz CT molecular complexity index is 990. The molecule has 0 bridgehead atoms. The summed E-state index contributed by atoms with van der Waals surface area (Å²) in [6.07, 6.45) is 1.52. The molecule has 0 radical (unpaired) electrons. The van der Waals surface area contributed by atoms with Crippen LogP contribution in [0.5, 0.6) is 0 Å². The summed E-state index contributed by atoms with van der Waals surface area (Å²) in [6.45, 7) is 3.02. The zero-order valence-corrected chi connectivity index (χ0v) is 16.9. The van der Waals surface area contributed by atoms with Crippen molar-refractivity contribution in [1.29, 1.82) is 0 Å². The van der Waals surface area contributed by atoms with Crippen LogP contribution < -0.4 is 15.1 Å². The fourth-order valence-corrected chi connectivity index (χ4v) is 4.00. The number of benzene rings is 2. The molecule has 6 nitrogen and oxygen atoms in total. The zero-order chi connectivity index (χ0) is 21.3. The van der Waals surface area contributed by atoms with Crippen LogP contribution in [0.2, 0.25) is 0 Å². The number of amides is 3. The largest absolute Gasteiger partial charge is 0.352 e. The van der Waals surface area contributed by atoms with Gasteiger partial charge in [0.15, 0.2) is 0 Å². The number of hydrogen-bond acceptors (Lipinski definition) is 3. The molecule has 156 valence electrons. The van der Waals surface area contributed by atoms with E-state index in [9.17, 15) is 18.8 Å². The fourth-order valence-electron chi connectivity index (χ4n) is 4.00. The van der Waals surface area contributed by atoms with Gasteiger partial charge in [-0.25, -0.2) is 4.39 Å². The first kappa shape index (κ1) is 20.1. The Hall–Kier alpha value is -3.22. The quantitative estimate of drug-likeness (QED) is 0.826. The molecular formula is C23H24FN3O3. The monoisotopic (exact) mass is 409 g/mol. The number of carbonyl (C=O) groups is 3. The van der Waals surface area contributed by atoms with Gasteiger partial charge >= 0.3 is 0 Å². The molecule has 2 aromatic carbocycles. The molecule has 4 rings (SSSR count). The molecule has 2 aliphatic heterocycles. The number of aryl methyl sites for hydroxylation is 1. The van der Waals surface area contributed by atoms with Crippen molar-refractivity contribution in [3.05, 3.63) is 59.4 Å². The van der Waals surface area contributed by atoms with Crippen LogP contribution >= 0.6 is 0 Å². The predicted molar refractivity (Wildman–Crippen MR) is 111 cm³/mol. The SMILES string of the molecule is Cc1ccc(N2CC(C(=O)NCc3ccc(N4CCCC4=O)cc3)CC2=O)c(F)c1. The highest BCUT2D eigenvalue weighted by Crippen LogP contribution is 2.28. The summed E-state index contributed by atoms with van der Waals surface area (Å²) in [4.78, 5) is 39.8. The van der Waals surface area contributed by atoms with Crippen LogP contribution in [0.25, 0.3) is 0 Å².